The molecule has 228 valence electrons. The molecule has 0 unspecified atom stereocenters. The standard InChI is InChI=1S/C33H49ClN2O5/c1-22(2)40-27(18-17-26(6)34)14-12-20-35-31(38)30(33(7,8)9)36-29(37)15-11-10-13-23(3)21-25(5)28-19-16-24(4)32(39)41-28/h10-13,15-17,20-22,25,27-28,30H,14,18-19H2,1-9H3,(H,35,38)(H,36,37)/b13-10-,15-11-,20-12-,23-21+,26-17+/t25-,27+,28-,30+/m0/s1. The molecule has 0 aromatic rings. The Hall–Kier alpha value is -2.90. The number of hydrogen-bond donors (Lipinski definition) is 2. The maximum Gasteiger partial charge on any atom is 0.333 e. The molecule has 0 aromatic carbocycles. The minimum atomic E-state index is -0.740. The molecule has 0 radical (unpaired) electrons. The minimum Gasteiger partial charge on any atom is -0.458 e. The SMILES string of the molecule is CC1=CC[C@@H]([C@@H](C)/C=C(C)/C=C\C=C/C(=O)N[C@H](C(=O)N/C=C\C[C@H](C/C=C(\C)Cl)OC(C)C)C(C)(C)C)OC1=O. The number of allylic oxidation sites excluding steroid dienone is 5. The molecule has 2 amide bonds. The number of cyclic esters (lactones) is 1. The number of hydrogen-bond acceptors (Lipinski definition) is 5. The van der Waals surface area contributed by atoms with Crippen molar-refractivity contribution in [2.75, 3.05) is 0 Å². The van der Waals surface area contributed by atoms with Gasteiger partial charge in [0.05, 0.1) is 12.2 Å². The summed E-state index contributed by atoms with van der Waals surface area (Å²) in [5.74, 6) is -0.878. The summed E-state index contributed by atoms with van der Waals surface area (Å²) in [6.45, 7) is 17.2. The molecule has 1 heterocycles. The van der Waals surface area contributed by atoms with Crippen LogP contribution in [0.5, 0.6) is 0 Å². The lowest BCUT2D eigenvalue weighted by Crippen LogP contribution is -2.52. The Labute approximate surface area is 251 Å². The van der Waals surface area contributed by atoms with Gasteiger partial charge in [-0.3, -0.25) is 9.59 Å². The molecule has 1 rings (SSSR count). The predicted molar refractivity (Wildman–Crippen MR) is 167 cm³/mol. The molecule has 1 aliphatic heterocycles. The molecule has 2 N–H and O–H groups in total. The summed E-state index contributed by atoms with van der Waals surface area (Å²) < 4.78 is 11.4. The van der Waals surface area contributed by atoms with Gasteiger partial charge in [0, 0.05) is 29.0 Å². The van der Waals surface area contributed by atoms with E-state index in [0.29, 0.717) is 29.9 Å². The molecular weight excluding hydrogens is 540 g/mol. The molecule has 8 heteroatoms. The van der Waals surface area contributed by atoms with E-state index >= 15 is 0 Å². The molecule has 4 atom stereocenters. The zero-order valence-corrected chi connectivity index (χ0v) is 26.9. The lowest BCUT2D eigenvalue weighted by Gasteiger charge is -2.29. The fourth-order valence-corrected chi connectivity index (χ4v) is 4.19. The first kappa shape index (κ1) is 36.1. The van der Waals surface area contributed by atoms with E-state index in [0.717, 1.165) is 5.57 Å². The normalized spacial score (nSPS) is 19.4. The second-order valence-electron chi connectivity index (χ2n) is 11.8. The van der Waals surface area contributed by atoms with Gasteiger partial charge in [0.1, 0.15) is 12.1 Å². The molecule has 41 heavy (non-hydrogen) atoms. The summed E-state index contributed by atoms with van der Waals surface area (Å²) in [5.41, 5.74) is 1.13. The van der Waals surface area contributed by atoms with Gasteiger partial charge in [-0.15, -0.1) is 0 Å². The number of carbonyl (C=O) groups excluding carboxylic acids is 3. The van der Waals surface area contributed by atoms with Crippen molar-refractivity contribution >= 4 is 29.4 Å². The van der Waals surface area contributed by atoms with Crippen molar-refractivity contribution in [2.45, 2.75) is 106 Å². The highest BCUT2D eigenvalue weighted by Crippen LogP contribution is 2.22. The first-order valence-electron chi connectivity index (χ1n) is 14.2. The maximum atomic E-state index is 12.9. The van der Waals surface area contributed by atoms with E-state index in [4.69, 9.17) is 21.1 Å². The lowest BCUT2D eigenvalue weighted by atomic mass is 9.86. The number of nitrogens with one attached hydrogen (secondary N) is 2. The Kier molecular flexibility index (Phi) is 15.7. The first-order chi connectivity index (χ1) is 19.1. The van der Waals surface area contributed by atoms with Crippen LogP contribution >= 0.6 is 11.6 Å². The van der Waals surface area contributed by atoms with Crippen LogP contribution in [-0.2, 0) is 23.9 Å². The molecular formula is C33H49ClN2O5. The number of carbonyl (C=O) groups is 3. The van der Waals surface area contributed by atoms with Crippen LogP contribution in [0.3, 0.4) is 0 Å². The average molecular weight is 589 g/mol. The Bertz CT molecular complexity index is 1070. The third-order valence-electron chi connectivity index (χ3n) is 6.35. The van der Waals surface area contributed by atoms with Gasteiger partial charge in [-0.2, -0.15) is 0 Å². The van der Waals surface area contributed by atoms with Crippen molar-refractivity contribution in [3.63, 3.8) is 0 Å². The summed E-state index contributed by atoms with van der Waals surface area (Å²) in [6, 6.07) is -0.740. The second-order valence-corrected chi connectivity index (χ2v) is 12.4. The molecule has 0 spiro atoms. The van der Waals surface area contributed by atoms with Crippen LogP contribution < -0.4 is 10.6 Å². The van der Waals surface area contributed by atoms with Crippen molar-refractivity contribution in [2.24, 2.45) is 11.3 Å². The topological polar surface area (TPSA) is 93.7 Å². The summed E-state index contributed by atoms with van der Waals surface area (Å²) in [4.78, 5) is 37.3. The van der Waals surface area contributed by atoms with Crippen LogP contribution in [0, 0.1) is 11.3 Å². The highest BCUT2D eigenvalue weighted by Gasteiger charge is 2.32. The van der Waals surface area contributed by atoms with Crippen molar-refractivity contribution < 1.29 is 23.9 Å². The van der Waals surface area contributed by atoms with E-state index in [1.54, 1.807) is 25.3 Å². The van der Waals surface area contributed by atoms with Gasteiger partial charge in [-0.1, -0.05) is 87.4 Å². The van der Waals surface area contributed by atoms with Crippen LogP contribution in [0.4, 0.5) is 0 Å². The van der Waals surface area contributed by atoms with Crippen molar-refractivity contribution in [1.29, 1.82) is 0 Å². The quantitative estimate of drug-likeness (QED) is 0.132. The molecule has 0 aromatic heterocycles. The van der Waals surface area contributed by atoms with Crippen LogP contribution in [0.25, 0.3) is 0 Å². The number of ether oxygens (including phenoxy) is 2. The fourth-order valence-electron chi connectivity index (χ4n) is 4.10. The monoisotopic (exact) mass is 588 g/mol. The van der Waals surface area contributed by atoms with Gasteiger partial charge < -0.3 is 20.1 Å². The fraction of sp³-hybridized carbons (Fsp3) is 0.545. The largest absolute Gasteiger partial charge is 0.458 e. The Balaban J connectivity index is 2.69. The van der Waals surface area contributed by atoms with Crippen molar-refractivity contribution in [3.05, 3.63) is 71.0 Å². The first-order valence-corrected chi connectivity index (χ1v) is 14.6. The van der Waals surface area contributed by atoms with E-state index in [2.05, 4.69) is 10.6 Å². The average Bonchev–Trinajstić information content (AvgIpc) is 2.86. The Morgan fingerprint density at radius 1 is 1.15 bits per heavy atom. The summed E-state index contributed by atoms with van der Waals surface area (Å²) in [6.07, 6.45) is 17.8. The van der Waals surface area contributed by atoms with E-state index in [1.807, 2.05) is 85.8 Å². The molecule has 1 aliphatic rings. The summed E-state index contributed by atoms with van der Waals surface area (Å²) in [5, 5.41) is 6.32. The molecule has 7 nitrogen and oxygen atoms in total. The van der Waals surface area contributed by atoms with Gasteiger partial charge in [0.25, 0.3) is 0 Å². The third kappa shape index (κ3) is 15.1. The third-order valence-corrected chi connectivity index (χ3v) is 6.50. The number of rotatable bonds is 14. The lowest BCUT2D eigenvalue weighted by molar-refractivity contribution is -0.147. The number of amides is 2. The molecule has 0 bridgehead atoms. The number of halogens is 1. The van der Waals surface area contributed by atoms with Gasteiger partial charge in [0.15, 0.2) is 0 Å². The zero-order valence-electron chi connectivity index (χ0n) is 26.1. The van der Waals surface area contributed by atoms with Crippen molar-refractivity contribution in [3.8, 4) is 0 Å². The Morgan fingerprint density at radius 2 is 1.80 bits per heavy atom. The van der Waals surface area contributed by atoms with E-state index in [-0.39, 0.29) is 42.0 Å². The minimum absolute atomic E-state index is 0.0546. The summed E-state index contributed by atoms with van der Waals surface area (Å²) >= 11 is 5.96. The van der Waals surface area contributed by atoms with Crippen LogP contribution in [0.2, 0.25) is 0 Å². The van der Waals surface area contributed by atoms with Crippen LogP contribution in [-0.4, -0.2) is 42.1 Å². The van der Waals surface area contributed by atoms with Gasteiger partial charge >= 0.3 is 5.97 Å². The van der Waals surface area contributed by atoms with Crippen molar-refractivity contribution in [1.82, 2.24) is 10.6 Å². The van der Waals surface area contributed by atoms with Gasteiger partial charge in [-0.25, -0.2) is 4.79 Å². The predicted octanol–water partition coefficient (Wildman–Crippen LogP) is 6.82. The molecule has 0 fully saturated rings. The second kappa shape index (κ2) is 17.8. The van der Waals surface area contributed by atoms with E-state index < -0.39 is 11.5 Å². The van der Waals surface area contributed by atoms with E-state index in [9.17, 15) is 14.4 Å². The van der Waals surface area contributed by atoms with Crippen LogP contribution in [0.1, 0.15) is 81.6 Å². The molecule has 0 saturated heterocycles. The maximum absolute atomic E-state index is 12.9. The smallest absolute Gasteiger partial charge is 0.333 e. The van der Waals surface area contributed by atoms with E-state index in [1.165, 1.54) is 6.08 Å². The molecule has 0 aliphatic carbocycles. The van der Waals surface area contributed by atoms with Gasteiger partial charge in [-0.05, 0) is 59.1 Å². The van der Waals surface area contributed by atoms with Crippen LogP contribution in [0.15, 0.2) is 71.0 Å². The highest BCUT2D eigenvalue weighted by molar-refractivity contribution is 6.29. The van der Waals surface area contributed by atoms with Gasteiger partial charge in [0.2, 0.25) is 11.8 Å². The highest BCUT2D eigenvalue weighted by atomic mass is 35.5. The zero-order chi connectivity index (χ0) is 31.2. The molecule has 0 saturated carbocycles. The summed E-state index contributed by atoms with van der Waals surface area (Å²) in [7, 11) is 0. The Morgan fingerprint density at radius 3 is 2.39 bits per heavy atom. The number of esters is 1.